The quantitative estimate of drug-likeness (QED) is 0.708. The largest absolute Gasteiger partial charge is 0.352 e. The molecule has 0 spiro atoms. The van der Waals surface area contributed by atoms with Crippen molar-refractivity contribution in [1.82, 2.24) is 5.32 Å². The maximum Gasteiger partial charge on any atom is 0.252 e. The van der Waals surface area contributed by atoms with Crippen molar-refractivity contribution in [1.29, 1.82) is 0 Å². The molecular formula is C15H22BrNOS. The summed E-state index contributed by atoms with van der Waals surface area (Å²) < 4.78 is 0.866. The number of unbranched alkanes of at least 4 members (excludes halogenated alkanes) is 3. The van der Waals surface area contributed by atoms with E-state index < -0.39 is 0 Å². The first-order valence-electron chi connectivity index (χ1n) is 6.68. The Kier molecular flexibility index (Phi) is 8.22. The number of nitrogens with one attached hydrogen (secondary N) is 1. The third-order valence-corrected chi connectivity index (χ3v) is 4.28. The predicted octanol–water partition coefficient (Wildman–Crippen LogP) is 4.41. The lowest BCUT2D eigenvalue weighted by atomic mass is 10.1. The van der Waals surface area contributed by atoms with Gasteiger partial charge in [0.2, 0.25) is 0 Å². The molecule has 2 nitrogen and oxygen atoms in total. The fraction of sp³-hybridized carbons (Fsp3) is 0.533. The number of amides is 1. The van der Waals surface area contributed by atoms with E-state index in [0.29, 0.717) is 5.56 Å². The van der Waals surface area contributed by atoms with Gasteiger partial charge < -0.3 is 5.32 Å². The molecule has 0 fully saturated rings. The highest BCUT2D eigenvalue weighted by molar-refractivity contribution is 9.10. The second kappa shape index (κ2) is 9.43. The average Bonchev–Trinajstić information content (AvgIpc) is 2.37. The van der Waals surface area contributed by atoms with Gasteiger partial charge in [0.15, 0.2) is 0 Å². The second-order valence-corrected chi connectivity index (χ2v) is 6.49. The standard InChI is InChI=1S/C15H22BrNOS/c1-12-7-8-13(14(16)11-12)15(18)17-9-5-3-4-6-10-19-2/h7-8,11H,3-6,9-10H2,1-2H3,(H,17,18). The van der Waals surface area contributed by atoms with Gasteiger partial charge in [0.1, 0.15) is 0 Å². The third kappa shape index (κ3) is 6.48. The minimum absolute atomic E-state index is 0.0102. The van der Waals surface area contributed by atoms with Crippen LogP contribution in [0.25, 0.3) is 0 Å². The van der Waals surface area contributed by atoms with E-state index in [0.717, 1.165) is 23.0 Å². The normalized spacial score (nSPS) is 10.5. The van der Waals surface area contributed by atoms with E-state index in [1.807, 2.05) is 36.9 Å². The first-order chi connectivity index (χ1) is 9.15. The lowest BCUT2D eigenvalue weighted by Gasteiger charge is -2.07. The Hall–Kier alpha value is -0.480. The third-order valence-electron chi connectivity index (χ3n) is 2.93. The Balaban J connectivity index is 2.24. The van der Waals surface area contributed by atoms with Gasteiger partial charge in [0.05, 0.1) is 5.56 Å². The summed E-state index contributed by atoms with van der Waals surface area (Å²) in [7, 11) is 0. The Labute approximate surface area is 128 Å². The van der Waals surface area contributed by atoms with Gasteiger partial charge in [-0.05, 0) is 65.4 Å². The number of carbonyl (C=O) groups excluding carboxylic acids is 1. The Bertz CT molecular complexity index is 409. The van der Waals surface area contributed by atoms with Crippen LogP contribution < -0.4 is 5.32 Å². The van der Waals surface area contributed by atoms with E-state index in [9.17, 15) is 4.79 Å². The lowest BCUT2D eigenvalue weighted by Crippen LogP contribution is -2.24. The van der Waals surface area contributed by atoms with Crippen molar-refractivity contribution < 1.29 is 4.79 Å². The monoisotopic (exact) mass is 343 g/mol. The highest BCUT2D eigenvalue weighted by Gasteiger charge is 2.08. The van der Waals surface area contributed by atoms with E-state index in [-0.39, 0.29) is 5.91 Å². The minimum atomic E-state index is 0.0102. The topological polar surface area (TPSA) is 29.1 Å². The van der Waals surface area contributed by atoms with Crippen LogP contribution in [-0.4, -0.2) is 24.5 Å². The van der Waals surface area contributed by atoms with Crippen molar-refractivity contribution in [3.05, 3.63) is 33.8 Å². The number of hydrogen-bond acceptors (Lipinski definition) is 2. The summed E-state index contributed by atoms with van der Waals surface area (Å²) in [6.45, 7) is 2.78. The van der Waals surface area contributed by atoms with Crippen molar-refractivity contribution >= 4 is 33.6 Å². The van der Waals surface area contributed by atoms with Crippen LogP contribution in [0.3, 0.4) is 0 Å². The van der Waals surface area contributed by atoms with Crippen LogP contribution >= 0.6 is 27.7 Å². The van der Waals surface area contributed by atoms with Gasteiger partial charge in [-0.25, -0.2) is 0 Å². The zero-order valence-corrected chi connectivity index (χ0v) is 14.1. The molecule has 1 rings (SSSR count). The molecule has 0 aliphatic heterocycles. The number of thioether (sulfide) groups is 1. The molecule has 0 aromatic heterocycles. The highest BCUT2D eigenvalue weighted by atomic mass is 79.9. The van der Waals surface area contributed by atoms with Crippen LogP contribution in [0, 0.1) is 6.92 Å². The van der Waals surface area contributed by atoms with Gasteiger partial charge in [-0.2, -0.15) is 11.8 Å². The summed E-state index contributed by atoms with van der Waals surface area (Å²) in [4.78, 5) is 12.0. The molecule has 0 heterocycles. The number of carbonyl (C=O) groups is 1. The van der Waals surface area contributed by atoms with Crippen LogP contribution in [-0.2, 0) is 0 Å². The SMILES string of the molecule is CSCCCCCCNC(=O)c1ccc(C)cc1Br. The van der Waals surface area contributed by atoms with Crippen LogP contribution in [0.2, 0.25) is 0 Å². The van der Waals surface area contributed by atoms with Crippen molar-refractivity contribution in [3.63, 3.8) is 0 Å². The minimum Gasteiger partial charge on any atom is -0.352 e. The van der Waals surface area contributed by atoms with Gasteiger partial charge in [-0.1, -0.05) is 18.9 Å². The molecule has 19 heavy (non-hydrogen) atoms. The summed E-state index contributed by atoms with van der Waals surface area (Å²) >= 11 is 5.33. The molecule has 1 aromatic rings. The first-order valence-corrected chi connectivity index (χ1v) is 8.87. The van der Waals surface area contributed by atoms with Gasteiger partial charge in [0, 0.05) is 11.0 Å². The number of hydrogen-bond donors (Lipinski definition) is 1. The number of benzene rings is 1. The number of halogens is 1. The van der Waals surface area contributed by atoms with E-state index in [4.69, 9.17) is 0 Å². The number of rotatable bonds is 8. The molecular weight excluding hydrogens is 322 g/mol. The molecule has 4 heteroatoms. The lowest BCUT2D eigenvalue weighted by molar-refractivity contribution is 0.0952. The maximum atomic E-state index is 12.0. The summed E-state index contributed by atoms with van der Waals surface area (Å²) in [6.07, 6.45) is 6.92. The molecule has 0 unspecified atom stereocenters. The van der Waals surface area contributed by atoms with Crippen LogP contribution in [0.5, 0.6) is 0 Å². The molecule has 1 aromatic carbocycles. The van der Waals surface area contributed by atoms with Crippen LogP contribution in [0.4, 0.5) is 0 Å². The molecule has 1 amide bonds. The van der Waals surface area contributed by atoms with E-state index in [2.05, 4.69) is 27.5 Å². The van der Waals surface area contributed by atoms with Crippen molar-refractivity contribution in [2.24, 2.45) is 0 Å². The molecule has 1 N–H and O–H groups in total. The fourth-order valence-corrected chi connectivity index (χ4v) is 2.99. The van der Waals surface area contributed by atoms with Gasteiger partial charge in [0.25, 0.3) is 5.91 Å². The van der Waals surface area contributed by atoms with Gasteiger partial charge in [-0.15, -0.1) is 0 Å². The zero-order valence-electron chi connectivity index (χ0n) is 11.7. The maximum absolute atomic E-state index is 12.0. The fourth-order valence-electron chi connectivity index (χ4n) is 1.83. The Morgan fingerprint density at radius 2 is 2.00 bits per heavy atom. The first kappa shape index (κ1) is 16.6. The predicted molar refractivity (Wildman–Crippen MR) is 88.1 cm³/mol. The summed E-state index contributed by atoms with van der Waals surface area (Å²) in [5.74, 6) is 1.25. The smallest absolute Gasteiger partial charge is 0.252 e. The molecule has 0 radical (unpaired) electrons. The molecule has 0 atom stereocenters. The molecule has 106 valence electrons. The molecule has 0 saturated heterocycles. The average molecular weight is 344 g/mol. The van der Waals surface area contributed by atoms with Crippen molar-refractivity contribution in [3.8, 4) is 0 Å². The van der Waals surface area contributed by atoms with E-state index in [1.54, 1.807) is 0 Å². The zero-order chi connectivity index (χ0) is 14.1. The van der Waals surface area contributed by atoms with E-state index >= 15 is 0 Å². The van der Waals surface area contributed by atoms with E-state index in [1.165, 1.54) is 25.0 Å². The van der Waals surface area contributed by atoms with Gasteiger partial charge in [-0.3, -0.25) is 4.79 Å². The summed E-state index contributed by atoms with van der Waals surface area (Å²) in [5, 5.41) is 2.98. The van der Waals surface area contributed by atoms with Crippen molar-refractivity contribution in [2.75, 3.05) is 18.6 Å². The second-order valence-electron chi connectivity index (χ2n) is 4.65. The summed E-state index contributed by atoms with van der Waals surface area (Å²) in [5.41, 5.74) is 1.87. The molecule has 0 saturated carbocycles. The molecule has 0 aliphatic carbocycles. The van der Waals surface area contributed by atoms with Gasteiger partial charge >= 0.3 is 0 Å². The number of aryl methyl sites for hydroxylation is 1. The molecule has 0 aliphatic rings. The van der Waals surface area contributed by atoms with Crippen molar-refractivity contribution in [2.45, 2.75) is 32.6 Å². The highest BCUT2D eigenvalue weighted by Crippen LogP contribution is 2.18. The Morgan fingerprint density at radius 1 is 1.26 bits per heavy atom. The van der Waals surface area contributed by atoms with Crippen LogP contribution in [0.1, 0.15) is 41.6 Å². The molecule has 0 bridgehead atoms. The summed E-state index contributed by atoms with van der Waals surface area (Å²) in [6, 6.07) is 5.80. The Morgan fingerprint density at radius 3 is 2.68 bits per heavy atom. The van der Waals surface area contributed by atoms with Crippen LogP contribution in [0.15, 0.2) is 22.7 Å².